The van der Waals surface area contributed by atoms with Crippen LogP contribution in [-0.2, 0) is 9.53 Å². The summed E-state index contributed by atoms with van der Waals surface area (Å²) in [5.74, 6) is -0.0626. The Hall–Kier alpha value is -0.610. The van der Waals surface area contributed by atoms with Gasteiger partial charge in [-0.25, -0.2) is 0 Å². The third-order valence-electron chi connectivity index (χ3n) is 2.41. The molecule has 0 fully saturated rings. The molecule has 4 nitrogen and oxygen atoms in total. The largest absolute Gasteiger partial charge is 0.383 e. The number of nitrogens with one attached hydrogen (secondary N) is 1. The van der Waals surface area contributed by atoms with E-state index in [0.29, 0.717) is 6.61 Å². The third kappa shape index (κ3) is 6.47. The van der Waals surface area contributed by atoms with Gasteiger partial charge in [-0.3, -0.25) is 4.79 Å². The highest BCUT2D eigenvalue weighted by Gasteiger charge is 2.16. The molecule has 0 saturated carbocycles. The molecule has 3 N–H and O–H groups in total. The van der Waals surface area contributed by atoms with Crippen molar-refractivity contribution in [1.82, 2.24) is 5.32 Å². The van der Waals surface area contributed by atoms with Crippen LogP contribution in [0.2, 0.25) is 0 Å². The van der Waals surface area contributed by atoms with Crippen LogP contribution in [-0.4, -0.2) is 31.7 Å². The number of amides is 1. The van der Waals surface area contributed by atoms with Gasteiger partial charge in [-0.05, 0) is 12.8 Å². The van der Waals surface area contributed by atoms with Gasteiger partial charge in [0.2, 0.25) is 5.91 Å². The summed E-state index contributed by atoms with van der Waals surface area (Å²) in [6.45, 7) is 4.65. The fraction of sp³-hybridized carbons (Fsp3) is 0.909. The number of hydrogen-bond donors (Lipinski definition) is 2. The maximum Gasteiger partial charge on any atom is 0.237 e. The number of rotatable bonds is 8. The smallest absolute Gasteiger partial charge is 0.237 e. The standard InChI is InChI=1S/C11H24N2O2/c1-4-6-7-10(12)11(14)13-9(5-2)8-15-3/h9-10H,4-8,12H2,1-3H3,(H,13,14)/t9?,10-/m0/s1. The lowest BCUT2D eigenvalue weighted by Crippen LogP contribution is -2.46. The lowest BCUT2D eigenvalue weighted by atomic mass is 10.1. The van der Waals surface area contributed by atoms with Crippen LogP contribution >= 0.6 is 0 Å². The van der Waals surface area contributed by atoms with E-state index in [-0.39, 0.29) is 18.0 Å². The molecule has 90 valence electrons. The summed E-state index contributed by atoms with van der Waals surface area (Å²) in [6, 6.07) is -0.300. The quantitative estimate of drug-likeness (QED) is 0.637. The first-order valence-corrected chi connectivity index (χ1v) is 5.70. The number of methoxy groups -OCH3 is 1. The second kappa shape index (κ2) is 8.68. The zero-order valence-corrected chi connectivity index (χ0v) is 10.1. The van der Waals surface area contributed by atoms with Crippen molar-refractivity contribution in [1.29, 1.82) is 0 Å². The SMILES string of the molecule is CCCC[C@H](N)C(=O)NC(CC)COC. The molecular formula is C11H24N2O2. The Bertz CT molecular complexity index is 174. The van der Waals surface area contributed by atoms with Gasteiger partial charge in [0.1, 0.15) is 0 Å². The van der Waals surface area contributed by atoms with Crippen molar-refractivity contribution >= 4 is 5.91 Å². The molecule has 0 aromatic carbocycles. The molecule has 0 heterocycles. The first-order valence-electron chi connectivity index (χ1n) is 5.70. The Balaban J connectivity index is 3.87. The number of carbonyl (C=O) groups is 1. The van der Waals surface area contributed by atoms with Crippen LogP contribution < -0.4 is 11.1 Å². The molecule has 0 spiro atoms. The van der Waals surface area contributed by atoms with Gasteiger partial charge in [-0.1, -0.05) is 26.7 Å². The highest BCUT2D eigenvalue weighted by molar-refractivity contribution is 5.81. The van der Waals surface area contributed by atoms with Crippen LogP contribution in [0, 0.1) is 0 Å². The number of hydrogen-bond acceptors (Lipinski definition) is 3. The number of ether oxygens (including phenoxy) is 1. The van der Waals surface area contributed by atoms with E-state index in [4.69, 9.17) is 10.5 Å². The fourth-order valence-corrected chi connectivity index (χ4v) is 1.33. The van der Waals surface area contributed by atoms with Gasteiger partial charge >= 0.3 is 0 Å². The molecule has 15 heavy (non-hydrogen) atoms. The molecule has 1 amide bonds. The average Bonchev–Trinajstić information content (AvgIpc) is 2.24. The molecule has 0 bridgehead atoms. The summed E-state index contributed by atoms with van der Waals surface area (Å²) >= 11 is 0. The van der Waals surface area contributed by atoms with Crippen molar-refractivity contribution in [3.63, 3.8) is 0 Å². The summed E-state index contributed by atoms with van der Waals surface area (Å²) in [5, 5.41) is 2.89. The Morgan fingerprint density at radius 3 is 2.60 bits per heavy atom. The van der Waals surface area contributed by atoms with E-state index in [9.17, 15) is 4.79 Å². The van der Waals surface area contributed by atoms with Crippen LogP contribution in [0.3, 0.4) is 0 Å². The highest BCUT2D eigenvalue weighted by Crippen LogP contribution is 1.99. The minimum atomic E-state index is -0.379. The van der Waals surface area contributed by atoms with Crippen LogP contribution in [0.4, 0.5) is 0 Å². The Morgan fingerprint density at radius 2 is 2.13 bits per heavy atom. The predicted molar refractivity (Wildman–Crippen MR) is 61.6 cm³/mol. The summed E-state index contributed by atoms with van der Waals surface area (Å²) in [7, 11) is 1.63. The molecule has 0 rings (SSSR count). The van der Waals surface area contributed by atoms with Crippen LogP contribution in [0.5, 0.6) is 0 Å². The molecule has 0 aromatic rings. The molecule has 0 radical (unpaired) electrons. The maximum atomic E-state index is 11.6. The van der Waals surface area contributed by atoms with Gasteiger partial charge in [0.15, 0.2) is 0 Å². The monoisotopic (exact) mass is 216 g/mol. The Morgan fingerprint density at radius 1 is 1.47 bits per heavy atom. The van der Waals surface area contributed by atoms with E-state index in [2.05, 4.69) is 12.2 Å². The van der Waals surface area contributed by atoms with Gasteiger partial charge in [-0.2, -0.15) is 0 Å². The van der Waals surface area contributed by atoms with Crippen molar-refractivity contribution in [2.45, 2.75) is 51.6 Å². The van der Waals surface area contributed by atoms with Gasteiger partial charge in [0.25, 0.3) is 0 Å². The molecule has 0 aliphatic heterocycles. The van der Waals surface area contributed by atoms with E-state index < -0.39 is 0 Å². The number of nitrogens with two attached hydrogens (primary N) is 1. The fourth-order valence-electron chi connectivity index (χ4n) is 1.33. The molecule has 1 unspecified atom stereocenters. The molecule has 0 aliphatic rings. The highest BCUT2D eigenvalue weighted by atomic mass is 16.5. The number of carbonyl (C=O) groups excluding carboxylic acids is 1. The molecule has 0 aromatic heterocycles. The summed E-state index contributed by atoms with van der Waals surface area (Å²) < 4.78 is 5.00. The van der Waals surface area contributed by atoms with Crippen molar-refractivity contribution in [3.05, 3.63) is 0 Å². The molecule has 4 heteroatoms. The van der Waals surface area contributed by atoms with E-state index in [1.54, 1.807) is 7.11 Å². The molecule has 0 saturated heterocycles. The second-order valence-corrected chi connectivity index (χ2v) is 3.82. The van der Waals surface area contributed by atoms with E-state index in [1.807, 2.05) is 6.92 Å². The first kappa shape index (κ1) is 14.4. The summed E-state index contributed by atoms with van der Waals surface area (Å²) in [6.07, 6.45) is 3.68. The topological polar surface area (TPSA) is 64.4 Å². The van der Waals surface area contributed by atoms with E-state index in [0.717, 1.165) is 25.7 Å². The number of unbranched alkanes of at least 4 members (excludes halogenated alkanes) is 1. The molecule has 0 aliphatic carbocycles. The lowest BCUT2D eigenvalue weighted by molar-refractivity contribution is -0.123. The van der Waals surface area contributed by atoms with Crippen LogP contribution in [0.1, 0.15) is 39.5 Å². The third-order valence-corrected chi connectivity index (χ3v) is 2.41. The van der Waals surface area contributed by atoms with Gasteiger partial charge in [0, 0.05) is 7.11 Å². The van der Waals surface area contributed by atoms with Gasteiger partial charge < -0.3 is 15.8 Å². The zero-order chi connectivity index (χ0) is 11.7. The van der Waals surface area contributed by atoms with E-state index in [1.165, 1.54) is 0 Å². The Kier molecular flexibility index (Phi) is 8.33. The minimum absolute atomic E-state index is 0.0626. The summed E-state index contributed by atoms with van der Waals surface area (Å²) in [5.41, 5.74) is 5.75. The first-order chi connectivity index (χ1) is 7.15. The van der Waals surface area contributed by atoms with Crippen molar-refractivity contribution in [2.75, 3.05) is 13.7 Å². The van der Waals surface area contributed by atoms with Crippen molar-refractivity contribution in [2.24, 2.45) is 5.73 Å². The van der Waals surface area contributed by atoms with Crippen molar-refractivity contribution in [3.8, 4) is 0 Å². The maximum absolute atomic E-state index is 11.6. The predicted octanol–water partition coefficient (Wildman–Crippen LogP) is 1.05. The Labute approximate surface area is 92.6 Å². The van der Waals surface area contributed by atoms with Crippen molar-refractivity contribution < 1.29 is 9.53 Å². The van der Waals surface area contributed by atoms with Crippen LogP contribution in [0.25, 0.3) is 0 Å². The van der Waals surface area contributed by atoms with Gasteiger partial charge in [0.05, 0.1) is 18.7 Å². The minimum Gasteiger partial charge on any atom is -0.383 e. The van der Waals surface area contributed by atoms with Gasteiger partial charge in [-0.15, -0.1) is 0 Å². The normalized spacial score (nSPS) is 14.7. The second-order valence-electron chi connectivity index (χ2n) is 3.82. The van der Waals surface area contributed by atoms with Crippen LogP contribution in [0.15, 0.2) is 0 Å². The lowest BCUT2D eigenvalue weighted by Gasteiger charge is -2.18. The molecular weight excluding hydrogens is 192 g/mol. The molecule has 2 atom stereocenters. The van der Waals surface area contributed by atoms with E-state index >= 15 is 0 Å². The zero-order valence-electron chi connectivity index (χ0n) is 10.1. The average molecular weight is 216 g/mol. The summed E-state index contributed by atoms with van der Waals surface area (Å²) in [4.78, 5) is 11.6.